The summed E-state index contributed by atoms with van der Waals surface area (Å²) in [6.45, 7) is 2.54. The molecular formula is C21H21N3O2S2. The summed E-state index contributed by atoms with van der Waals surface area (Å²) in [6, 6.07) is 9.71. The van der Waals surface area contributed by atoms with Crippen LogP contribution < -0.4 is 10.3 Å². The van der Waals surface area contributed by atoms with E-state index in [4.69, 9.17) is 15.0 Å². The van der Waals surface area contributed by atoms with Gasteiger partial charge >= 0.3 is 0 Å². The zero-order chi connectivity index (χ0) is 19.5. The molecule has 3 aromatic rings. The predicted octanol–water partition coefficient (Wildman–Crippen LogP) is 4.73. The van der Waals surface area contributed by atoms with E-state index in [9.17, 15) is 4.79 Å². The lowest BCUT2D eigenvalue weighted by Gasteiger charge is -2.14. The van der Waals surface area contributed by atoms with Crippen molar-refractivity contribution in [2.45, 2.75) is 44.2 Å². The van der Waals surface area contributed by atoms with Crippen molar-refractivity contribution in [3.05, 3.63) is 45.1 Å². The standard InChI is InChI=1S/C21H21N3O2S2/c1-2-26-15-10-8-14(9-11-15)24-20(25)18-16-6-3-4-7-17(16)28-19(18)23-21(24)27-13-5-12-22/h8-11H,2-7,13H2,1H3. The maximum Gasteiger partial charge on any atom is 0.267 e. The van der Waals surface area contributed by atoms with Gasteiger partial charge in [0.2, 0.25) is 0 Å². The van der Waals surface area contributed by atoms with Crippen molar-refractivity contribution in [3.63, 3.8) is 0 Å². The van der Waals surface area contributed by atoms with Crippen LogP contribution in [0.1, 0.15) is 36.6 Å². The van der Waals surface area contributed by atoms with Crippen molar-refractivity contribution in [2.75, 3.05) is 12.4 Å². The van der Waals surface area contributed by atoms with E-state index in [2.05, 4.69) is 6.07 Å². The molecule has 0 aliphatic heterocycles. The number of hydrogen-bond donors (Lipinski definition) is 0. The van der Waals surface area contributed by atoms with E-state index in [-0.39, 0.29) is 5.56 Å². The minimum absolute atomic E-state index is 0.00647. The van der Waals surface area contributed by atoms with Crippen LogP contribution in [0.2, 0.25) is 0 Å². The van der Waals surface area contributed by atoms with Crippen molar-refractivity contribution in [1.29, 1.82) is 5.26 Å². The molecule has 1 aromatic carbocycles. The van der Waals surface area contributed by atoms with Crippen LogP contribution in [0.15, 0.2) is 34.2 Å². The van der Waals surface area contributed by atoms with Crippen LogP contribution in [0.3, 0.4) is 0 Å². The number of nitrogens with zero attached hydrogens (tertiary/aromatic N) is 3. The molecule has 0 unspecified atom stereocenters. The summed E-state index contributed by atoms with van der Waals surface area (Å²) in [5, 5.41) is 10.3. The Bertz CT molecular complexity index is 1090. The van der Waals surface area contributed by atoms with Gasteiger partial charge in [-0.1, -0.05) is 11.8 Å². The second-order valence-corrected chi connectivity index (χ2v) is 8.76. The topological polar surface area (TPSA) is 67.9 Å². The number of fused-ring (bicyclic) bond motifs is 3. The van der Waals surface area contributed by atoms with E-state index < -0.39 is 0 Å². The first-order valence-electron chi connectivity index (χ1n) is 9.53. The summed E-state index contributed by atoms with van der Waals surface area (Å²) < 4.78 is 7.22. The van der Waals surface area contributed by atoms with Crippen LogP contribution >= 0.6 is 23.1 Å². The second kappa shape index (κ2) is 8.38. The van der Waals surface area contributed by atoms with Gasteiger partial charge in [-0.05, 0) is 62.4 Å². The number of ether oxygens (including phenoxy) is 1. The van der Waals surface area contributed by atoms with E-state index in [0.717, 1.165) is 40.9 Å². The smallest absolute Gasteiger partial charge is 0.267 e. The highest BCUT2D eigenvalue weighted by molar-refractivity contribution is 7.99. The van der Waals surface area contributed by atoms with E-state index >= 15 is 0 Å². The Morgan fingerprint density at radius 3 is 2.82 bits per heavy atom. The third kappa shape index (κ3) is 3.54. The van der Waals surface area contributed by atoms with Gasteiger partial charge in [-0.25, -0.2) is 4.98 Å². The van der Waals surface area contributed by atoms with E-state index in [1.807, 2.05) is 31.2 Å². The van der Waals surface area contributed by atoms with Gasteiger partial charge in [0, 0.05) is 17.1 Å². The van der Waals surface area contributed by atoms with Gasteiger partial charge in [-0.3, -0.25) is 9.36 Å². The number of nitriles is 1. The molecule has 5 nitrogen and oxygen atoms in total. The summed E-state index contributed by atoms with van der Waals surface area (Å²) in [4.78, 5) is 20.5. The average molecular weight is 412 g/mol. The molecular weight excluding hydrogens is 390 g/mol. The van der Waals surface area contributed by atoms with Crippen molar-refractivity contribution in [1.82, 2.24) is 9.55 Å². The number of aromatic nitrogens is 2. The summed E-state index contributed by atoms with van der Waals surface area (Å²) in [6.07, 6.45) is 4.71. The Kier molecular flexibility index (Phi) is 5.69. The summed E-state index contributed by atoms with van der Waals surface area (Å²) >= 11 is 3.12. The molecule has 2 heterocycles. The molecule has 0 bridgehead atoms. The highest BCUT2D eigenvalue weighted by Gasteiger charge is 2.22. The molecule has 28 heavy (non-hydrogen) atoms. The number of benzene rings is 1. The molecule has 4 rings (SSSR count). The largest absolute Gasteiger partial charge is 0.494 e. The molecule has 0 N–H and O–H groups in total. The number of aryl methyl sites for hydroxylation is 2. The summed E-state index contributed by atoms with van der Waals surface area (Å²) in [7, 11) is 0. The zero-order valence-electron chi connectivity index (χ0n) is 15.7. The Morgan fingerprint density at radius 2 is 2.07 bits per heavy atom. The zero-order valence-corrected chi connectivity index (χ0v) is 17.4. The monoisotopic (exact) mass is 411 g/mol. The second-order valence-electron chi connectivity index (χ2n) is 6.61. The minimum atomic E-state index is -0.00647. The molecule has 2 aromatic heterocycles. The fraction of sp³-hybridized carbons (Fsp3) is 0.381. The molecule has 144 valence electrons. The first kappa shape index (κ1) is 19.0. The molecule has 7 heteroatoms. The molecule has 0 saturated heterocycles. The third-order valence-corrected chi connectivity index (χ3v) is 6.94. The first-order valence-corrected chi connectivity index (χ1v) is 11.3. The molecule has 0 fully saturated rings. The van der Waals surface area contributed by atoms with Crippen LogP contribution in [-0.4, -0.2) is 21.9 Å². The van der Waals surface area contributed by atoms with E-state index in [1.165, 1.54) is 28.6 Å². The maximum absolute atomic E-state index is 13.5. The van der Waals surface area contributed by atoms with Gasteiger partial charge in [0.1, 0.15) is 10.6 Å². The molecule has 0 amide bonds. The highest BCUT2D eigenvalue weighted by atomic mass is 32.2. The van der Waals surface area contributed by atoms with Crippen LogP contribution in [0.25, 0.3) is 15.9 Å². The Hall–Kier alpha value is -2.30. The molecule has 0 radical (unpaired) electrons. The number of hydrogen-bond acceptors (Lipinski definition) is 6. The summed E-state index contributed by atoms with van der Waals surface area (Å²) in [5.41, 5.74) is 1.96. The molecule has 1 aliphatic carbocycles. The van der Waals surface area contributed by atoms with Gasteiger partial charge in [-0.15, -0.1) is 11.3 Å². The quantitative estimate of drug-likeness (QED) is 0.333. The molecule has 1 aliphatic rings. The number of rotatable bonds is 6. The van der Waals surface area contributed by atoms with E-state index in [1.54, 1.807) is 15.9 Å². The van der Waals surface area contributed by atoms with Crippen LogP contribution in [0.4, 0.5) is 0 Å². The Labute approximate surface area is 172 Å². The van der Waals surface area contributed by atoms with Crippen molar-refractivity contribution < 1.29 is 4.74 Å². The lowest BCUT2D eigenvalue weighted by Crippen LogP contribution is -2.22. The molecule has 0 spiro atoms. The fourth-order valence-electron chi connectivity index (χ4n) is 3.56. The van der Waals surface area contributed by atoms with Crippen LogP contribution in [-0.2, 0) is 12.8 Å². The highest BCUT2D eigenvalue weighted by Crippen LogP contribution is 2.35. The third-order valence-electron chi connectivity index (χ3n) is 4.81. The first-order chi connectivity index (χ1) is 13.7. The van der Waals surface area contributed by atoms with Crippen molar-refractivity contribution >= 4 is 33.3 Å². The van der Waals surface area contributed by atoms with Gasteiger partial charge in [0.05, 0.1) is 23.7 Å². The predicted molar refractivity (Wildman–Crippen MR) is 114 cm³/mol. The maximum atomic E-state index is 13.5. The molecule has 0 atom stereocenters. The minimum Gasteiger partial charge on any atom is -0.494 e. The van der Waals surface area contributed by atoms with Crippen molar-refractivity contribution in [2.24, 2.45) is 0 Å². The molecule has 0 saturated carbocycles. The fourth-order valence-corrected chi connectivity index (χ4v) is 5.72. The van der Waals surface area contributed by atoms with Crippen LogP contribution in [0.5, 0.6) is 5.75 Å². The van der Waals surface area contributed by atoms with Gasteiger partial charge < -0.3 is 4.74 Å². The number of thiophene rings is 1. The van der Waals surface area contributed by atoms with Gasteiger partial charge in [0.15, 0.2) is 5.16 Å². The van der Waals surface area contributed by atoms with Gasteiger partial charge in [-0.2, -0.15) is 5.26 Å². The van der Waals surface area contributed by atoms with Crippen LogP contribution in [0, 0.1) is 11.3 Å². The Morgan fingerprint density at radius 1 is 1.29 bits per heavy atom. The lowest BCUT2D eigenvalue weighted by atomic mass is 9.97. The van der Waals surface area contributed by atoms with E-state index in [0.29, 0.717) is 23.9 Å². The number of thioether (sulfide) groups is 1. The van der Waals surface area contributed by atoms with Crippen molar-refractivity contribution in [3.8, 4) is 17.5 Å². The normalized spacial score (nSPS) is 13.3. The Balaban J connectivity index is 1.88. The SMILES string of the molecule is CCOc1ccc(-n2c(SCCC#N)nc3sc4c(c3c2=O)CCCC4)cc1. The average Bonchev–Trinajstić information content (AvgIpc) is 3.08. The lowest BCUT2D eigenvalue weighted by molar-refractivity contribution is 0.340. The van der Waals surface area contributed by atoms with Gasteiger partial charge in [0.25, 0.3) is 5.56 Å². The summed E-state index contributed by atoms with van der Waals surface area (Å²) in [5.74, 6) is 1.39.